The first-order valence-electron chi connectivity index (χ1n) is 8.63. The fourth-order valence-electron chi connectivity index (χ4n) is 3.96. The third-order valence-corrected chi connectivity index (χ3v) is 5.34. The molecule has 118 valence electrons. The molecule has 1 saturated carbocycles. The largest absolute Gasteiger partial charge is 0.314 e. The van der Waals surface area contributed by atoms with Crippen LogP contribution >= 0.6 is 0 Å². The van der Waals surface area contributed by atoms with E-state index in [0.29, 0.717) is 11.5 Å². The van der Waals surface area contributed by atoms with Crippen molar-refractivity contribution in [2.24, 2.45) is 5.41 Å². The molecule has 3 nitrogen and oxygen atoms in total. The lowest BCUT2D eigenvalue weighted by atomic mass is 9.73. The molecule has 0 aromatic carbocycles. The summed E-state index contributed by atoms with van der Waals surface area (Å²) in [6.07, 6.45) is 8.52. The lowest BCUT2D eigenvalue weighted by Gasteiger charge is -2.41. The van der Waals surface area contributed by atoms with E-state index in [2.05, 4.69) is 43.1 Å². The zero-order chi connectivity index (χ0) is 14.6. The molecule has 0 radical (unpaired) electrons. The summed E-state index contributed by atoms with van der Waals surface area (Å²) in [5.74, 6) is 0. The van der Waals surface area contributed by atoms with Crippen molar-refractivity contribution in [3.8, 4) is 0 Å². The molecule has 0 spiro atoms. The summed E-state index contributed by atoms with van der Waals surface area (Å²) >= 11 is 0. The molecule has 1 saturated heterocycles. The van der Waals surface area contributed by atoms with E-state index in [4.69, 9.17) is 0 Å². The Morgan fingerprint density at radius 3 is 2.45 bits per heavy atom. The molecule has 1 aliphatic carbocycles. The molecule has 2 fully saturated rings. The lowest BCUT2D eigenvalue weighted by molar-refractivity contribution is 0.110. The zero-order valence-electron chi connectivity index (χ0n) is 14.1. The predicted octanol–water partition coefficient (Wildman–Crippen LogP) is 2.57. The van der Waals surface area contributed by atoms with Crippen LogP contribution in [0.4, 0.5) is 0 Å². The molecule has 0 aromatic heterocycles. The van der Waals surface area contributed by atoms with Crippen LogP contribution in [0.15, 0.2) is 0 Å². The average molecular weight is 281 g/mol. The Kier molecular flexibility index (Phi) is 5.88. The second kappa shape index (κ2) is 7.24. The summed E-state index contributed by atoms with van der Waals surface area (Å²) in [6, 6.07) is 1.38. The third kappa shape index (κ3) is 4.44. The van der Waals surface area contributed by atoms with Gasteiger partial charge in [-0.3, -0.25) is 0 Å². The highest BCUT2D eigenvalue weighted by Crippen LogP contribution is 2.37. The van der Waals surface area contributed by atoms with Crippen LogP contribution in [0.25, 0.3) is 0 Å². The number of hydrogen-bond acceptors (Lipinski definition) is 3. The number of likely N-dealkylation sites (tertiary alicyclic amines) is 1. The predicted molar refractivity (Wildman–Crippen MR) is 87.2 cm³/mol. The quantitative estimate of drug-likeness (QED) is 0.807. The van der Waals surface area contributed by atoms with Gasteiger partial charge in [-0.15, -0.1) is 0 Å². The normalized spacial score (nSPS) is 27.6. The van der Waals surface area contributed by atoms with Crippen molar-refractivity contribution in [3.63, 3.8) is 0 Å². The Morgan fingerprint density at radius 1 is 1.20 bits per heavy atom. The average Bonchev–Trinajstić information content (AvgIpc) is 2.86. The molecule has 0 aromatic rings. The van der Waals surface area contributed by atoms with Crippen molar-refractivity contribution in [2.75, 3.05) is 40.3 Å². The Bertz CT molecular complexity index is 282. The zero-order valence-corrected chi connectivity index (χ0v) is 14.1. The van der Waals surface area contributed by atoms with Crippen LogP contribution in [-0.4, -0.2) is 62.2 Å². The maximum absolute atomic E-state index is 3.73. The summed E-state index contributed by atoms with van der Waals surface area (Å²) in [6.45, 7) is 9.65. The number of hydrogen-bond donors (Lipinski definition) is 1. The van der Waals surface area contributed by atoms with Gasteiger partial charge in [0.05, 0.1) is 0 Å². The SMILES string of the molecule is CC(C)NCC1(CN2CCC(N(C)C)C2)CCCCC1. The van der Waals surface area contributed by atoms with Gasteiger partial charge in [-0.2, -0.15) is 0 Å². The van der Waals surface area contributed by atoms with Gasteiger partial charge in [0.1, 0.15) is 0 Å². The van der Waals surface area contributed by atoms with Gasteiger partial charge in [-0.25, -0.2) is 0 Å². The van der Waals surface area contributed by atoms with E-state index in [0.717, 1.165) is 6.04 Å². The van der Waals surface area contributed by atoms with Gasteiger partial charge in [-0.1, -0.05) is 33.1 Å². The topological polar surface area (TPSA) is 18.5 Å². The maximum atomic E-state index is 3.73. The second-order valence-corrected chi connectivity index (χ2v) is 7.74. The van der Waals surface area contributed by atoms with Gasteiger partial charge in [-0.05, 0) is 45.3 Å². The number of likely N-dealkylation sites (N-methyl/N-ethyl adjacent to an activating group) is 1. The Morgan fingerprint density at radius 2 is 1.90 bits per heavy atom. The highest BCUT2D eigenvalue weighted by atomic mass is 15.2. The van der Waals surface area contributed by atoms with Crippen molar-refractivity contribution in [1.82, 2.24) is 15.1 Å². The summed E-state index contributed by atoms with van der Waals surface area (Å²) in [7, 11) is 4.45. The van der Waals surface area contributed by atoms with Crippen LogP contribution in [0.1, 0.15) is 52.4 Å². The van der Waals surface area contributed by atoms with Crippen LogP contribution in [0.5, 0.6) is 0 Å². The Balaban J connectivity index is 1.90. The van der Waals surface area contributed by atoms with E-state index >= 15 is 0 Å². The highest BCUT2D eigenvalue weighted by Gasteiger charge is 2.36. The van der Waals surface area contributed by atoms with E-state index in [9.17, 15) is 0 Å². The standard InChI is InChI=1S/C17H35N3/c1-15(2)18-13-17(9-6-5-7-10-17)14-20-11-8-16(12-20)19(3)4/h15-16,18H,5-14H2,1-4H3. The molecule has 0 amide bonds. The Hall–Kier alpha value is -0.120. The summed E-state index contributed by atoms with van der Waals surface area (Å²) in [5, 5.41) is 3.73. The van der Waals surface area contributed by atoms with Gasteiger partial charge in [0, 0.05) is 31.7 Å². The fraction of sp³-hybridized carbons (Fsp3) is 1.00. The van der Waals surface area contributed by atoms with Crippen LogP contribution in [0.3, 0.4) is 0 Å². The molecule has 1 heterocycles. The second-order valence-electron chi connectivity index (χ2n) is 7.74. The molecule has 1 aliphatic heterocycles. The van der Waals surface area contributed by atoms with E-state index in [1.807, 2.05) is 0 Å². The molecular weight excluding hydrogens is 246 g/mol. The highest BCUT2D eigenvalue weighted by molar-refractivity contribution is 4.91. The number of rotatable bonds is 6. The van der Waals surface area contributed by atoms with Gasteiger partial charge < -0.3 is 15.1 Å². The van der Waals surface area contributed by atoms with Crippen LogP contribution in [-0.2, 0) is 0 Å². The van der Waals surface area contributed by atoms with Crippen molar-refractivity contribution in [3.05, 3.63) is 0 Å². The summed E-state index contributed by atoms with van der Waals surface area (Å²) in [4.78, 5) is 5.14. The monoisotopic (exact) mass is 281 g/mol. The van der Waals surface area contributed by atoms with Gasteiger partial charge in [0.15, 0.2) is 0 Å². The van der Waals surface area contributed by atoms with E-state index in [1.54, 1.807) is 0 Å². The molecule has 0 bridgehead atoms. The lowest BCUT2D eigenvalue weighted by Crippen LogP contribution is -2.46. The molecule has 2 aliphatic rings. The summed E-state index contributed by atoms with van der Waals surface area (Å²) in [5.41, 5.74) is 0.545. The first-order chi connectivity index (χ1) is 9.51. The minimum absolute atomic E-state index is 0.545. The van der Waals surface area contributed by atoms with Gasteiger partial charge in [0.2, 0.25) is 0 Å². The van der Waals surface area contributed by atoms with Gasteiger partial charge in [0.25, 0.3) is 0 Å². The molecule has 3 heteroatoms. The van der Waals surface area contributed by atoms with E-state index < -0.39 is 0 Å². The minimum atomic E-state index is 0.545. The summed E-state index contributed by atoms with van der Waals surface area (Å²) < 4.78 is 0. The molecule has 20 heavy (non-hydrogen) atoms. The van der Waals surface area contributed by atoms with Crippen LogP contribution in [0.2, 0.25) is 0 Å². The molecule has 2 rings (SSSR count). The van der Waals surface area contributed by atoms with Crippen LogP contribution in [0, 0.1) is 5.41 Å². The van der Waals surface area contributed by atoms with Crippen molar-refractivity contribution in [1.29, 1.82) is 0 Å². The van der Waals surface area contributed by atoms with E-state index in [-0.39, 0.29) is 0 Å². The smallest absolute Gasteiger partial charge is 0.0229 e. The molecule has 1 atom stereocenters. The van der Waals surface area contributed by atoms with Crippen molar-refractivity contribution < 1.29 is 0 Å². The third-order valence-electron chi connectivity index (χ3n) is 5.34. The van der Waals surface area contributed by atoms with Crippen molar-refractivity contribution in [2.45, 2.75) is 64.5 Å². The van der Waals surface area contributed by atoms with Crippen molar-refractivity contribution >= 4 is 0 Å². The minimum Gasteiger partial charge on any atom is -0.314 e. The molecule has 1 unspecified atom stereocenters. The van der Waals surface area contributed by atoms with Crippen LogP contribution < -0.4 is 5.32 Å². The first kappa shape index (κ1) is 16.3. The van der Waals surface area contributed by atoms with Gasteiger partial charge >= 0.3 is 0 Å². The fourth-order valence-corrected chi connectivity index (χ4v) is 3.96. The first-order valence-corrected chi connectivity index (χ1v) is 8.63. The number of nitrogens with zero attached hydrogens (tertiary/aromatic N) is 2. The molecular formula is C17H35N3. The number of nitrogens with one attached hydrogen (secondary N) is 1. The van der Waals surface area contributed by atoms with E-state index in [1.165, 1.54) is 64.7 Å². The Labute approximate surface area is 126 Å². The maximum Gasteiger partial charge on any atom is 0.0229 e. The molecule has 1 N–H and O–H groups in total.